The first-order valence-electron chi connectivity index (χ1n) is 9.50. The number of aliphatic imine (C=N–C) groups is 1. The number of unbranched alkanes of at least 4 members (excludes halogenated alkanes) is 1. The van der Waals surface area contributed by atoms with Gasteiger partial charge in [0.05, 0.1) is 6.61 Å². The summed E-state index contributed by atoms with van der Waals surface area (Å²) in [4.78, 5) is 18.5. The summed E-state index contributed by atoms with van der Waals surface area (Å²) in [7, 11) is 3.85. The molecule has 26 heavy (non-hydrogen) atoms. The summed E-state index contributed by atoms with van der Waals surface area (Å²) in [5.41, 5.74) is 1.82. The molecule has 0 bridgehead atoms. The number of ether oxygens (including phenoxy) is 1. The molecule has 1 unspecified atom stereocenters. The lowest BCUT2D eigenvalue weighted by Crippen LogP contribution is -2.41. The lowest BCUT2D eigenvalue weighted by molar-refractivity contribution is 0.0953. The topological polar surface area (TPSA) is 66.0 Å². The van der Waals surface area contributed by atoms with Crippen LogP contribution in [0.3, 0.4) is 0 Å². The van der Waals surface area contributed by atoms with Gasteiger partial charge in [0.25, 0.3) is 5.91 Å². The molecule has 144 valence electrons. The molecule has 1 saturated heterocycles. The highest BCUT2D eigenvalue weighted by molar-refractivity contribution is 5.94. The molecule has 0 saturated carbocycles. The molecule has 1 heterocycles. The molecule has 0 aliphatic carbocycles. The molecule has 0 spiro atoms. The highest BCUT2D eigenvalue weighted by atomic mass is 16.5. The van der Waals surface area contributed by atoms with E-state index in [1.165, 1.54) is 0 Å². The zero-order chi connectivity index (χ0) is 18.8. The molecular formula is C20H32N4O2. The van der Waals surface area contributed by atoms with Gasteiger partial charge in [-0.2, -0.15) is 0 Å². The van der Waals surface area contributed by atoms with Gasteiger partial charge in [0.1, 0.15) is 0 Å². The summed E-state index contributed by atoms with van der Waals surface area (Å²) >= 11 is 0. The fourth-order valence-corrected chi connectivity index (χ4v) is 3.02. The monoisotopic (exact) mass is 360 g/mol. The Balaban J connectivity index is 1.80. The smallest absolute Gasteiger partial charge is 0.251 e. The normalized spacial score (nSPS) is 17.2. The van der Waals surface area contributed by atoms with Crippen molar-refractivity contribution in [3.8, 4) is 0 Å². The Kier molecular flexibility index (Phi) is 8.41. The standard InChI is InChI=1S/C20H32N4O2/c1-4-5-11-22-19(25)18-8-6-16(7-9-18)13-23-20(21-2)24(3)14-17-10-12-26-15-17/h6-9,17H,4-5,10-15H2,1-3H3,(H,21,23)(H,22,25). The predicted molar refractivity (Wildman–Crippen MR) is 105 cm³/mol. The second-order valence-corrected chi connectivity index (χ2v) is 6.82. The molecule has 2 rings (SSSR count). The number of guanidine groups is 1. The molecule has 1 aliphatic heterocycles. The molecule has 6 heteroatoms. The minimum Gasteiger partial charge on any atom is -0.381 e. The fraction of sp³-hybridized carbons (Fsp3) is 0.600. The van der Waals surface area contributed by atoms with Crippen molar-refractivity contribution < 1.29 is 9.53 Å². The zero-order valence-electron chi connectivity index (χ0n) is 16.3. The Labute approximate surface area is 157 Å². The molecule has 1 fully saturated rings. The van der Waals surface area contributed by atoms with Gasteiger partial charge in [-0.25, -0.2) is 0 Å². The van der Waals surface area contributed by atoms with Crippen LogP contribution in [0.5, 0.6) is 0 Å². The number of hydrogen-bond donors (Lipinski definition) is 2. The van der Waals surface area contributed by atoms with E-state index in [1.807, 2.05) is 24.3 Å². The van der Waals surface area contributed by atoms with E-state index in [0.29, 0.717) is 18.0 Å². The van der Waals surface area contributed by atoms with Gasteiger partial charge in [-0.3, -0.25) is 9.79 Å². The number of carbonyl (C=O) groups excluding carboxylic acids is 1. The van der Waals surface area contributed by atoms with Crippen LogP contribution in [0.25, 0.3) is 0 Å². The van der Waals surface area contributed by atoms with E-state index in [9.17, 15) is 4.79 Å². The Morgan fingerprint density at radius 1 is 1.31 bits per heavy atom. The SMILES string of the molecule is CCCCNC(=O)c1ccc(CNC(=NC)N(C)CC2CCOC2)cc1. The maximum absolute atomic E-state index is 12.0. The lowest BCUT2D eigenvalue weighted by atomic mass is 10.1. The van der Waals surface area contributed by atoms with E-state index in [2.05, 4.69) is 34.5 Å². The molecular weight excluding hydrogens is 328 g/mol. The second kappa shape index (κ2) is 10.8. The number of nitrogens with zero attached hydrogens (tertiary/aromatic N) is 2. The zero-order valence-corrected chi connectivity index (χ0v) is 16.3. The summed E-state index contributed by atoms with van der Waals surface area (Å²) < 4.78 is 5.44. The van der Waals surface area contributed by atoms with Crippen LogP contribution >= 0.6 is 0 Å². The Hall–Kier alpha value is -2.08. The molecule has 1 atom stereocenters. The lowest BCUT2D eigenvalue weighted by Gasteiger charge is -2.24. The van der Waals surface area contributed by atoms with Gasteiger partial charge in [-0.05, 0) is 30.5 Å². The Bertz CT molecular complexity index is 580. The number of carbonyl (C=O) groups is 1. The van der Waals surface area contributed by atoms with Gasteiger partial charge < -0.3 is 20.3 Å². The predicted octanol–water partition coefficient (Wildman–Crippen LogP) is 2.26. The van der Waals surface area contributed by atoms with E-state index in [0.717, 1.165) is 57.1 Å². The van der Waals surface area contributed by atoms with Crippen LogP contribution in [-0.2, 0) is 11.3 Å². The number of amides is 1. The molecule has 1 aromatic rings. The van der Waals surface area contributed by atoms with Crippen molar-refractivity contribution in [2.75, 3.05) is 40.4 Å². The van der Waals surface area contributed by atoms with Gasteiger partial charge in [-0.1, -0.05) is 25.5 Å². The van der Waals surface area contributed by atoms with Gasteiger partial charge in [-0.15, -0.1) is 0 Å². The van der Waals surface area contributed by atoms with E-state index < -0.39 is 0 Å². The number of rotatable bonds is 8. The van der Waals surface area contributed by atoms with Crippen molar-refractivity contribution in [3.05, 3.63) is 35.4 Å². The molecule has 1 aliphatic rings. The van der Waals surface area contributed by atoms with E-state index in [1.54, 1.807) is 7.05 Å². The van der Waals surface area contributed by atoms with Crippen LogP contribution in [0.4, 0.5) is 0 Å². The van der Waals surface area contributed by atoms with Crippen molar-refractivity contribution in [2.24, 2.45) is 10.9 Å². The van der Waals surface area contributed by atoms with Crippen molar-refractivity contribution >= 4 is 11.9 Å². The first-order valence-corrected chi connectivity index (χ1v) is 9.50. The molecule has 1 aromatic carbocycles. The first kappa shape index (κ1) is 20.2. The van der Waals surface area contributed by atoms with Gasteiger partial charge in [0, 0.05) is 51.8 Å². The third kappa shape index (κ3) is 6.33. The number of benzene rings is 1. The van der Waals surface area contributed by atoms with Crippen molar-refractivity contribution in [2.45, 2.75) is 32.7 Å². The second-order valence-electron chi connectivity index (χ2n) is 6.82. The first-order chi connectivity index (χ1) is 12.6. The third-order valence-electron chi connectivity index (χ3n) is 4.61. The molecule has 6 nitrogen and oxygen atoms in total. The van der Waals surface area contributed by atoms with Crippen LogP contribution in [-0.4, -0.2) is 57.2 Å². The van der Waals surface area contributed by atoms with Crippen LogP contribution in [0.1, 0.15) is 42.1 Å². The van der Waals surface area contributed by atoms with Crippen LogP contribution in [0.15, 0.2) is 29.3 Å². The Morgan fingerprint density at radius 3 is 2.69 bits per heavy atom. The van der Waals surface area contributed by atoms with Gasteiger partial charge in [0.15, 0.2) is 5.96 Å². The van der Waals surface area contributed by atoms with Crippen molar-refractivity contribution in [3.63, 3.8) is 0 Å². The summed E-state index contributed by atoms with van der Waals surface area (Å²) in [6.07, 6.45) is 3.20. The maximum Gasteiger partial charge on any atom is 0.251 e. The van der Waals surface area contributed by atoms with Crippen molar-refractivity contribution in [1.82, 2.24) is 15.5 Å². The van der Waals surface area contributed by atoms with Crippen LogP contribution < -0.4 is 10.6 Å². The van der Waals surface area contributed by atoms with Crippen LogP contribution in [0, 0.1) is 5.92 Å². The minimum atomic E-state index is -0.00714. The molecule has 0 radical (unpaired) electrons. The molecule has 1 amide bonds. The van der Waals surface area contributed by atoms with E-state index >= 15 is 0 Å². The van der Waals surface area contributed by atoms with E-state index in [-0.39, 0.29) is 5.91 Å². The summed E-state index contributed by atoms with van der Waals surface area (Å²) in [5, 5.41) is 6.32. The molecule has 2 N–H and O–H groups in total. The number of nitrogens with one attached hydrogen (secondary N) is 2. The fourth-order valence-electron chi connectivity index (χ4n) is 3.02. The van der Waals surface area contributed by atoms with Crippen LogP contribution in [0.2, 0.25) is 0 Å². The largest absolute Gasteiger partial charge is 0.381 e. The Morgan fingerprint density at radius 2 is 2.08 bits per heavy atom. The summed E-state index contributed by atoms with van der Waals surface area (Å²) in [6, 6.07) is 7.72. The van der Waals surface area contributed by atoms with Gasteiger partial charge >= 0.3 is 0 Å². The number of hydrogen-bond acceptors (Lipinski definition) is 3. The summed E-state index contributed by atoms with van der Waals surface area (Å²) in [5.74, 6) is 1.44. The minimum absolute atomic E-state index is 0.00714. The molecule has 0 aromatic heterocycles. The maximum atomic E-state index is 12.0. The average Bonchev–Trinajstić information content (AvgIpc) is 3.16. The van der Waals surface area contributed by atoms with E-state index in [4.69, 9.17) is 4.74 Å². The third-order valence-corrected chi connectivity index (χ3v) is 4.61. The quantitative estimate of drug-likeness (QED) is 0.424. The highest BCUT2D eigenvalue weighted by Crippen LogP contribution is 2.13. The van der Waals surface area contributed by atoms with Gasteiger partial charge in [0.2, 0.25) is 0 Å². The van der Waals surface area contributed by atoms with Crippen molar-refractivity contribution in [1.29, 1.82) is 0 Å². The summed E-state index contributed by atoms with van der Waals surface area (Å²) in [6.45, 7) is 6.16. The highest BCUT2D eigenvalue weighted by Gasteiger charge is 2.19. The average molecular weight is 361 g/mol.